The van der Waals surface area contributed by atoms with E-state index in [2.05, 4.69) is 94.0 Å². The highest BCUT2D eigenvalue weighted by Crippen LogP contribution is 2.36. The lowest BCUT2D eigenvalue weighted by Crippen LogP contribution is -2.28. The van der Waals surface area contributed by atoms with E-state index in [1.165, 1.54) is 49.8 Å². The molecular formula is C32H31N7. The molecule has 0 bridgehead atoms. The lowest BCUT2D eigenvalue weighted by atomic mass is 10.0. The number of nitrogens with two attached hydrogens (primary N) is 1. The van der Waals surface area contributed by atoms with Crippen LogP contribution in [0, 0.1) is 0 Å². The number of hydrogen-bond donors (Lipinski definition) is 1. The van der Waals surface area contributed by atoms with Crippen LogP contribution in [0.15, 0.2) is 91.4 Å². The van der Waals surface area contributed by atoms with E-state index in [1.54, 1.807) is 0 Å². The van der Waals surface area contributed by atoms with E-state index in [-0.39, 0.29) is 0 Å². The minimum absolute atomic E-state index is 0.461. The van der Waals surface area contributed by atoms with Crippen LogP contribution in [-0.2, 0) is 13.1 Å². The summed E-state index contributed by atoms with van der Waals surface area (Å²) in [5, 5.41) is 10.6. The standard InChI is InChI=1S/C32H31N7/c33-32-31-28(26-13-14-27-21-38(36-29(27)17-26)20-23-7-3-1-4-8-23)18-30(39(31)35-22-34-32)25-11-9-24(10-12-25)19-37-15-5-2-6-16-37/h1,3-4,7-14,17-18,21-22H,2,5-6,15-16,19-20H2,(H2,33,34,35). The van der Waals surface area contributed by atoms with Gasteiger partial charge in [0.2, 0.25) is 0 Å². The van der Waals surface area contributed by atoms with Crippen molar-refractivity contribution in [2.75, 3.05) is 18.8 Å². The minimum atomic E-state index is 0.461. The summed E-state index contributed by atoms with van der Waals surface area (Å²) >= 11 is 0. The average Bonchev–Trinajstić information content (AvgIpc) is 3.56. The van der Waals surface area contributed by atoms with E-state index in [9.17, 15) is 0 Å². The molecular weight excluding hydrogens is 482 g/mol. The summed E-state index contributed by atoms with van der Waals surface area (Å²) in [4.78, 5) is 6.86. The normalized spacial score (nSPS) is 14.4. The molecule has 1 fully saturated rings. The van der Waals surface area contributed by atoms with Crippen molar-refractivity contribution in [3.05, 3.63) is 103 Å². The summed E-state index contributed by atoms with van der Waals surface area (Å²) in [6, 6.07) is 27.8. The molecule has 2 N–H and O–H groups in total. The van der Waals surface area contributed by atoms with Crippen molar-refractivity contribution >= 4 is 22.2 Å². The molecule has 7 heteroatoms. The first-order valence-corrected chi connectivity index (χ1v) is 13.7. The van der Waals surface area contributed by atoms with Crippen LogP contribution in [-0.4, -0.2) is 42.4 Å². The van der Waals surface area contributed by atoms with Crippen LogP contribution in [0.1, 0.15) is 30.4 Å². The molecule has 1 aliphatic heterocycles. The summed E-state index contributed by atoms with van der Waals surface area (Å²) in [6.45, 7) is 4.13. The number of hydrogen-bond acceptors (Lipinski definition) is 5. The van der Waals surface area contributed by atoms with Gasteiger partial charge in [-0.2, -0.15) is 10.2 Å². The van der Waals surface area contributed by atoms with E-state index < -0.39 is 0 Å². The zero-order valence-corrected chi connectivity index (χ0v) is 21.9. The third kappa shape index (κ3) is 4.66. The number of aromatic nitrogens is 5. The number of rotatable bonds is 6. The second-order valence-electron chi connectivity index (χ2n) is 10.5. The SMILES string of the molecule is Nc1ncnn2c(-c3ccc(CN4CCCCC4)cc3)cc(-c3ccc4cn(Cc5ccccc5)nc4c3)c12. The molecule has 0 unspecified atom stereocenters. The van der Waals surface area contributed by atoms with Crippen molar-refractivity contribution in [2.24, 2.45) is 0 Å². The van der Waals surface area contributed by atoms with Gasteiger partial charge in [-0.15, -0.1) is 0 Å². The Morgan fingerprint density at radius 2 is 1.54 bits per heavy atom. The second kappa shape index (κ2) is 10.0. The van der Waals surface area contributed by atoms with Crippen molar-refractivity contribution in [2.45, 2.75) is 32.4 Å². The highest BCUT2D eigenvalue weighted by molar-refractivity contribution is 5.94. The lowest BCUT2D eigenvalue weighted by Gasteiger charge is -2.26. The monoisotopic (exact) mass is 513 g/mol. The van der Waals surface area contributed by atoms with Gasteiger partial charge in [0.15, 0.2) is 5.82 Å². The summed E-state index contributed by atoms with van der Waals surface area (Å²) in [6.07, 6.45) is 7.58. The Hall–Kier alpha value is -4.49. The van der Waals surface area contributed by atoms with Crippen molar-refractivity contribution in [1.82, 2.24) is 29.3 Å². The van der Waals surface area contributed by atoms with Gasteiger partial charge in [-0.05, 0) is 54.8 Å². The zero-order valence-electron chi connectivity index (χ0n) is 21.9. The number of nitrogen functional groups attached to an aromatic ring is 1. The van der Waals surface area contributed by atoms with Gasteiger partial charge in [-0.25, -0.2) is 9.50 Å². The number of nitrogens with zero attached hydrogens (tertiary/aromatic N) is 6. The van der Waals surface area contributed by atoms with Crippen LogP contribution in [0.3, 0.4) is 0 Å². The Bertz CT molecular complexity index is 1740. The molecule has 194 valence electrons. The van der Waals surface area contributed by atoms with E-state index in [0.717, 1.165) is 51.9 Å². The van der Waals surface area contributed by atoms with E-state index in [4.69, 9.17) is 10.8 Å². The predicted octanol–water partition coefficient (Wildman–Crippen LogP) is 6.03. The molecule has 0 spiro atoms. The average molecular weight is 514 g/mol. The fraction of sp³-hybridized carbons (Fsp3) is 0.219. The first-order valence-electron chi connectivity index (χ1n) is 13.7. The molecule has 3 aromatic carbocycles. The Balaban J connectivity index is 1.23. The first-order chi connectivity index (χ1) is 19.2. The highest BCUT2D eigenvalue weighted by atomic mass is 15.3. The van der Waals surface area contributed by atoms with Crippen molar-refractivity contribution in [3.8, 4) is 22.4 Å². The summed E-state index contributed by atoms with van der Waals surface area (Å²) in [5.41, 5.74) is 14.9. The molecule has 1 saturated heterocycles. The largest absolute Gasteiger partial charge is 0.382 e. The number of anilines is 1. The Labute approximate surface area is 227 Å². The molecule has 7 rings (SSSR count). The van der Waals surface area contributed by atoms with Crippen molar-refractivity contribution < 1.29 is 0 Å². The van der Waals surface area contributed by atoms with Gasteiger partial charge in [-0.1, -0.05) is 73.2 Å². The molecule has 1 aliphatic rings. The second-order valence-corrected chi connectivity index (χ2v) is 10.5. The Kier molecular flexibility index (Phi) is 6.06. The molecule has 0 aliphatic carbocycles. The maximum absolute atomic E-state index is 6.42. The molecule has 4 heterocycles. The van der Waals surface area contributed by atoms with Crippen LogP contribution in [0.25, 0.3) is 38.8 Å². The molecule has 0 saturated carbocycles. The number of benzene rings is 3. The number of fused-ring (bicyclic) bond motifs is 2. The zero-order chi connectivity index (χ0) is 26.2. The first kappa shape index (κ1) is 23.6. The topological polar surface area (TPSA) is 77.3 Å². The van der Waals surface area contributed by atoms with Gasteiger partial charge in [0.1, 0.15) is 11.8 Å². The van der Waals surface area contributed by atoms with Gasteiger partial charge < -0.3 is 5.73 Å². The van der Waals surface area contributed by atoms with E-state index in [0.29, 0.717) is 5.82 Å². The van der Waals surface area contributed by atoms with Gasteiger partial charge in [0.05, 0.1) is 17.8 Å². The molecule has 39 heavy (non-hydrogen) atoms. The maximum Gasteiger partial charge on any atom is 0.152 e. The fourth-order valence-corrected chi connectivity index (χ4v) is 5.74. The van der Waals surface area contributed by atoms with Crippen molar-refractivity contribution in [1.29, 1.82) is 0 Å². The number of likely N-dealkylation sites (tertiary alicyclic amines) is 1. The third-order valence-electron chi connectivity index (χ3n) is 7.74. The van der Waals surface area contributed by atoms with Crippen LogP contribution < -0.4 is 5.73 Å². The fourth-order valence-electron chi connectivity index (χ4n) is 5.74. The summed E-state index contributed by atoms with van der Waals surface area (Å²) in [7, 11) is 0. The maximum atomic E-state index is 6.42. The van der Waals surface area contributed by atoms with Gasteiger partial charge in [0.25, 0.3) is 0 Å². The van der Waals surface area contributed by atoms with E-state index in [1.807, 2.05) is 15.3 Å². The molecule has 3 aromatic heterocycles. The molecule has 0 radical (unpaired) electrons. The quantitative estimate of drug-likeness (QED) is 0.294. The Morgan fingerprint density at radius 1 is 0.769 bits per heavy atom. The van der Waals surface area contributed by atoms with Crippen LogP contribution in [0.4, 0.5) is 5.82 Å². The van der Waals surface area contributed by atoms with Crippen molar-refractivity contribution in [3.63, 3.8) is 0 Å². The molecule has 0 atom stereocenters. The summed E-state index contributed by atoms with van der Waals surface area (Å²) in [5.74, 6) is 0.461. The van der Waals surface area contributed by atoms with Gasteiger partial charge in [0, 0.05) is 29.3 Å². The van der Waals surface area contributed by atoms with Gasteiger partial charge in [-0.3, -0.25) is 9.58 Å². The predicted molar refractivity (Wildman–Crippen MR) is 156 cm³/mol. The van der Waals surface area contributed by atoms with Crippen LogP contribution in [0.2, 0.25) is 0 Å². The van der Waals surface area contributed by atoms with Gasteiger partial charge >= 0.3 is 0 Å². The smallest absolute Gasteiger partial charge is 0.152 e. The Morgan fingerprint density at radius 3 is 2.36 bits per heavy atom. The van der Waals surface area contributed by atoms with Crippen LogP contribution in [0.5, 0.6) is 0 Å². The molecule has 6 aromatic rings. The minimum Gasteiger partial charge on any atom is -0.382 e. The number of piperidine rings is 1. The highest BCUT2D eigenvalue weighted by Gasteiger charge is 2.18. The third-order valence-corrected chi connectivity index (χ3v) is 7.74. The van der Waals surface area contributed by atoms with E-state index >= 15 is 0 Å². The molecule has 7 nitrogen and oxygen atoms in total. The summed E-state index contributed by atoms with van der Waals surface area (Å²) < 4.78 is 3.91. The lowest BCUT2D eigenvalue weighted by molar-refractivity contribution is 0.221. The van der Waals surface area contributed by atoms with Crippen LogP contribution >= 0.6 is 0 Å². The molecule has 0 amide bonds.